The fourth-order valence-electron chi connectivity index (χ4n) is 2.55. The van der Waals surface area contributed by atoms with Gasteiger partial charge in [-0.05, 0) is 49.4 Å². The molecule has 0 aliphatic heterocycles. The summed E-state index contributed by atoms with van der Waals surface area (Å²) in [6.07, 6.45) is 2.79. The van der Waals surface area contributed by atoms with Gasteiger partial charge in [0.25, 0.3) is 0 Å². The predicted molar refractivity (Wildman–Crippen MR) is 105 cm³/mol. The minimum atomic E-state index is -0.651. The van der Waals surface area contributed by atoms with Gasteiger partial charge in [-0.1, -0.05) is 29.3 Å². The van der Waals surface area contributed by atoms with Crippen LogP contribution in [0.2, 0.25) is 10.2 Å². The summed E-state index contributed by atoms with van der Waals surface area (Å²) in [7, 11) is 1.43. The van der Waals surface area contributed by atoms with E-state index in [1.807, 2.05) is 6.07 Å². The number of carbonyl (C=O) groups is 1. The zero-order chi connectivity index (χ0) is 19.6. The van der Waals surface area contributed by atoms with Gasteiger partial charge in [0, 0.05) is 16.7 Å². The van der Waals surface area contributed by atoms with E-state index >= 15 is 0 Å². The lowest BCUT2D eigenvalue weighted by molar-refractivity contribution is 0.104. The Morgan fingerprint density at radius 3 is 2.67 bits per heavy atom. The van der Waals surface area contributed by atoms with Crippen molar-refractivity contribution in [2.24, 2.45) is 0 Å². The van der Waals surface area contributed by atoms with E-state index in [0.717, 1.165) is 6.07 Å². The van der Waals surface area contributed by atoms with E-state index in [0.29, 0.717) is 32.9 Å². The summed E-state index contributed by atoms with van der Waals surface area (Å²) in [4.78, 5) is 12.3. The van der Waals surface area contributed by atoms with Crippen molar-refractivity contribution in [3.05, 3.63) is 81.4 Å². The zero-order valence-electron chi connectivity index (χ0n) is 14.5. The van der Waals surface area contributed by atoms with Crippen LogP contribution in [0.25, 0.3) is 11.8 Å². The number of nitrogens with zero attached hydrogens (tertiary/aromatic N) is 2. The molecule has 0 aliphatic rings. The number of carbonyl (C=O) groups excluding carboxylic acids is 1. The van der Waals surface area contributed by atoms with Crippen LogP contribution in [0.5, 0.6) is 5.75 Å². The molecule has 0 bridgehead atoms. The van der Waals surface area contributed by atoms with Gasteiger partial charge in [-0.2, -0.15) is 5.10 Å². The lowest BCUT2D eigenvalue weighted by Gasteiger charge is -2.03. The van der Waals surface area contributed by atoms with Gasteiger partial charge in [-0.25, -0.2) is 9.07 Å². The highest BCUT2D eigenvalue weighted by Gasteiger charge is 2.14. The van der Waals surface area contributed by atoms with E-state index < -0.39 is 11.6 Å². The summed E-state index contributed by atoms with van der Waals surface area (Å²) in [6.45, 7) is 1.77. The molecule has 2 aromatic carbocycles. The molecule has 0 fully saturated rings. The number of halogens is 3. The van der Waals surface area contributed by atoms with Crippen LogP contribution in [0.3, 0.4) is 0 Å². The number of allylic oxidation sites excluding steroid dienone is 1. The third-order valence-electron chi connectivity index (χ3n) is 3.94. The first kappa shape index (κ1) is 19.1. The summed E-state index contributed by atoms with van der Waals surface area (Å²) >= 11 is 12.4. The molecule has 27 heavy (non-hydrogen) atoms. The molecular formula is C20H15Cl2FN2O2. The van der Waals surface area contributed by atoms with Gasteiger partial charge in [-0.15, -0.1) is 0 Å². The van der Waals surface area contributed by atoms with Gasteiger partial charge >= 0.3 is 0 Å². The van der Waals surface area contributed by atoms with Crippen molar-refractivity contribution < 1.29 is 13.9 Å². The number of aromatic nitrogens is 2. The minimum absolute atomic E-state index is 0.0527. The molecular weight excluding hydrogens is 390 g/mol. The first-order valence-electron chi connectivity index (χ1n) is 7.97. The van der Waals surface area contributed by atoms with Crippen LogP contribution in [0.15, 0.2) is 48.5 Å². The number of ketones is 1. The molecule has 1 heterocycles. The maximum Gasteiger partial charge on any atom is 0.188 e. The summed E-state index contributed by atoms with van der Waals surface area (Å²) in [6, 6.07) is 11.1. The van der Waals surface area contributed by atoms with Crippen LogP contribution in [-0.4, -0.2) is 22.7 Å². The van der Waals surface area contributed by atoms with E-state index in [2.05, 4.69) is 5.10 Å². The third-order valence-corrected chi connectivity index (χ3v) is 4.54. The molecule has 3 rings (SSSR count). The van der Waals surface area contributed by atoms with Gasteiger partial charge in [-0.3, -0.25) is 4.79 Å². The maximum absolute atomic E-state index is 14.0. The average Bonchev–Trinajstić information content (AvgIpc) is 2.93. The second-order valence-electron chi connectivity index (χ2n) is 5.72. The van der Waals surface area contributed by atoms with E-state index in [4.69, 9.17) is 27.9 Å². The Balaban J connectivity index is 1.91. The molecule has 0 N–H and O–H groups in total. The van der Waals surface area contributed by atoms with Crippen molar-refractivity contribution in [3.8, 4) is 11.4 Å². The smallest absolute Gasteiger partial charge is 0.188 e. The lowest BCUT2D eigenvalue weighted by atomic mass is 10.1. The van der Waals surface area contributed by atoms with Crippen molar-refractivity contribution >= 4 is 35.1 Å². The molecule has 0 spiro atoms. The topological polar surface area (TPSA) is 44.1 Å². The highest BCUT2D eigenvalue weighted by molar-refractivity contribution is 6.32. The zero-order valence-corrected chi connectivity index (χ0v) is 16.1. The maximum atomic E-state index is 14.0. The van der Waals surface area contributed by atoms with Crippen LogP contribution in [0, 0.1) is 12.7 Å². The van der Waals surface area contributed by atoms with E-state index in [9.17, 15) is 9.18 Å². The Labute approximate surface area is 165 Å². The van der Waals surface area contributed by atoms with Crippen LogP contribution in [-0.2, 0) is 0 Å². The second-order valence-corrected chi connectivity index (χ2v) is 6.52. The number of hydrogen-bond acceptors (Lipinski definition) is 3. The van der Waals surface area contributed by atoms with Crippen molar-refractivity contribution in [1.29, 1.82) is 0 Å². The van der Waals surface area contributed by atoms with Gasteiger partial charge in [0.2, 0.25) is 0 Å². The summed E-state index contributed by atoms with van der Waals surface area (Å²) in [5.41, 5.74) is 1.84. The van der Waals surface area contributed by atoms with Crippen LogP contribution < -0.4 is 4.74 Å². The Hall–Kier alpha value is -2.63. The van der Waals surface area contributed by atoms with E-state index in [1.54, 1.807) is 25.1 Å². The molecule has 0 atom stereocenters. The normalized spacial score (nSPS) is 11.1. The van der Waals surface area contributed by atoms with E-state index in [-0.39, 0.29) is 5.56 Å². The Kier molecular flexibility index (Phi) is 5.63. The fourth-order valence-corrected chi connectivity index (χ4v) is 3.07. The average molecular weight is 405 g/mol. The van der Waals surface area contributed by atoms with Crippen molar-refractivity contribution in [3.63, 3.8) is 0 Å². The monoisotopic (exact) mass is 404 g/mol. The number of ether oxygens (including phenoxy) is 1. The first-order valence-corrected chi connectivity index (χ1v) is 8.73. The molecule has 0 saturated heterocycles. The second kappa shape index (κ2) is 7.94. The summed E-state index contributed by atoms with van der Waals surface area (Å²) in [5.74, 6) is -0.794. The summed E-state index contributed by atoms with van der Waals surface area (Å²) < 4.78 is 20.5. The molecule has 7 heteroatoms. The number of benzene rings is 2. The molecule has 0 amide bonds. The van der Waals surface area contributed by atoms with Gasteiger partial charge < -0.3 is 4.74 Å². The number of hydrogen-bond donors (Lipinski definition) is 0. The van der Waals surface area contributed by atoms with Crippen molar-refractivity contribution in [1.82, 2.24) is 9.78 Å². The fraction of sp³-hybridized carbons (Fsp3) is 0.100. The van der Waals surface area contributed by atoms with Gasteiger partial charge in [0.05, 0.1) is 24.1 Å². The molecule has 0 saturated carbocycles. The van der Waals surface area contributed by atoms with Crippen LogP contribution in [0.4, 0.5) is 4.39 Å². The Bertz CT molecular complexity index is 1040. The van der Waals surface area contributed by atoms with Gasteiger partial charge in [0.15, 0.2) is 5.78 Å². The van der Waals surface area contributed by atoms with Crippen LogP contribution >= 0.6 is 23.2 Å². The standard InChI is InChI=1S/C20H15Cl2FN2O2/c1-12-16(20(22)25(24-12)14-5-3-4-13(21)10-14)8-9-19(26)17-7-6-15(27-2)11-18(17)23/h3-11H,1-2H3. The molecule has 1 aromatic heterocycles. The van der Waals surface area contributed by atoms with Crippen LogP contribution in [0.1, 0.15) is 21.6 Å². The highest BCUT2D eigenvalue weighted by atomic mass is 35.5. The molecule has 4 nitrogen and oxygen atoms in total. The SMILES string of the molecule is COc1ccc(C(=O)C=Cc2c(C)nn(-c3cccc(Cl)c3)c2Cl)c(F)c1. The minimum Gasteiger partial charge on any atom is -0.497 e. The molecule has 0 aliphatic carbocycles. The molecule has 138 valence electrons. The van der Waals surface area contributed by atoms with Gasteiger partial charge in [0.1, 0.15) is 16.7 Å². The highest BCUT2D eigenvalue weighted by Crippen LogP contribution is 2.26. The molecule has 0 radical (unpaired) electrons. The summed E-state index contributed by atoms with van der Waals surface area (Å²) in [5, 5.41) is 5.27. The first-order chi connectivity index (χ1) is 12.9. The number of rotatable bonds is 5. The number of aryl methyl sites for hydroxylation is 1. The van der Waals surface area contributed by atoms with E-state index in [1.165, 1.54) is 36.1 Å². The Morgan fingerprint density at radius 1 is 1.22 bits per heavy atom. The largest absolute Gasteiger partial charge is 0.497 e. The predicted octanol–water partition coefficient (Wildman–Crippen LogP) is 5.53. The quantitative estimate of drug-likeness (QED) is 0.414. The lowest BCUT2D eigenvalue weighted by Crippen LogP contribution is -1.99. The molecule has 3 aromatic rings. The number of methoxy groups -OCH3 is 1. The third kappa shape index (κ3) is 4.04. The Morgan fingerprint density at radius 2 is 2.00 bits per heavy atom. The van der Waals surface area contributed by atoms with Crippen molar-refractivity contribution in [2.75, 3.05) is 7.11 Å². The molecule has 0 unspecified atom stereocenters. The van der Waals surface area contributed by atoms with Crippen molar-refractivity contribution in [2.45, 2.75) is 6.92 Å².